The highest BCUT2D eigenvalue weighted by Crippen LogP contribution is 2.36. The average Bonchev–Trinajstić information content (AvgIpc) is 2.24. The molecular weight excluding hydrogens is 361 g/mol. The molecule has 0 spiro atoms. The van der Waals surface area contributed by atoms with E-state index in [0.717, 1.165) is 0 Å². The lowest BCUT2D eigenvalue weighted by Crippen LogP contribution is -2.20. The number of halogens is 1. The average molecular weight is 377 g/mol. The number of hydrogen-bond acceptors (Lipinski definition) is 3. The molecule has 1 N–H and O–H groups in total. The van der Waals surface area contributed by atoms with Gasteiger partial charge in [-0.1, -0.05) is 26.8 Å². The first kappa shape index (κ1) is 15.9. The maximum absolute atomic E-state index is 11.4. The first-order valence-corrected chi connectivity index (χ1v) is 6.86. The Hall–Kier alpha value is -1.18. The second kappa shape index (κ2) is 5.85. The second-order valence-corrected chi connectivity index (χ2v) is 6.86. The number of nitro groups is 1. The predicted octanol–water partition coefficient (Wildman–Crippen LogP) is 3.80. The fraction of sp³-hybridized carbons (Fsp3) is 0.462. The van der Waals surface area contributed by atoms with Gasteiger partial charge in [-0.15, -0.1) is 0 Å². The SMILES string of the molecule is CC(C)(C)CC(C(=O)O)c1ccc(I)cc1[N+](=O)[O-]. The van der Waals surface area contributed by atoms with E-state index >= 15 is 0 Å². The van der Waals surface area contributed by atoms with E-state index < -0.39 is 16.8 Å². The molecule has 0 aliphatic carbocycles. The summed E-state index contributed by atoms with van der Waals surface area (Å²) in [5.41, 5.74) is -0.0729. The minimum atomic E-state index is -1.03. The molecule has 1 rings (SSSR count). The van der Waals surface area contributed by atoms with E-state index in [1.165, 1.54) is 6.07 Å². The number of carboxylic acids is 1. The molecule has 0 bridgehead atoms. The van der Waals surface area contributed by atoms with Crippen LogP contribution < -0.4 is 0 Å². The summed E-state index contributed by atoms with van der Waals surface area (Å²) in [7, 11) is 0. The van der Waals surface area contributed by atoms with Crippen molar-refractivity contribution in [3.05, 3.63) is 37.4 Å². The smallest absolute Gasteiger partial charge is 0.311 e. The van der Waals surface area contributed by atoms with Crippen molar-refractivity contribution < 1.29 is 14.8 Å². The van der Waals surface area contributed by atoms with E-state index in [1.54, 1.807) is 12.1 Å². The van der Waals surface area contributed by atoms with Gasteiger partial charge < -0.3 is 5.11 Å². The van der Waals surface area contributed by atoms with Crippen LogP contribution in [0.1, 0.15) is 38.7 Å². The summed E-state index contributed by atoms with van der Waals surface area (Å²) in [5.74, 6) is -1.89. The monoisotopic (exact) mass is 377 g/mol. The molecule has 0 aliphatic rings. The third-order valence-electron chi connectivity index (χ3n) is 2.68. The van der Waals surface area contributed by atoms with E-state index in [1.807, 2.05) is 43.4 Å². The van der Waals surface area contributed by atoms with Crippen LogP contribution >= 0.6 is 22.6 Å². The van der Waals surface area contributed by atoms with Crippen LogP contribution in [-0.4, -0.2) is 16.0 Å². The Balaban J connectivity index is 3.31. The Labute approximate surface area is 125 Å². The molecule has 0 aromatic heterocycles. The zero-order valence-electron chi connectivity index (χ0n) is 11.0. The summed E-state index contributed by atoms with van der Waals surface area (Å²) in [6, 6.07) is 4.65. The summed E-state index contributed by atoms with van der Waals surface area (Å²) in [4.78, 5) is 22.0. The largest absolute Gasteiger partial charge is 0.481 e. The van der Waals surface area contributed by atoms with Crippen molar-refractivity contribution in [1.29, 1.82) is 0 Å². The normalized spacial score (nSPS) is 13.1. The van der Waals surface area contributed by atoms with Gasteiger partial charge in [-0.3, -0.25) is 14.9 Å². The van der Waals surface area contributed by atoms with Gasteiger partial charge in [0.1, 0.15) is 0 Å². The molecule has 1 aromatic rings. The van der Waals surface area contributed by atoms with Crippen LogP contribution in [-0.2, 0) is 4.79 Å². The molecule has 1 atom stereocenters. The van der Waals surface area contributed by atoms with Crippen LogP contribution in [0.25, 0.3) is 0 Å². The molecule has 0 heterocycles. The lowest BCUT2D eigenvalue weighted by atomic mass is 9.81. The zero-order valence-corrected chi connectivity index (χ0v) is 13.2. The van der Waals surface area contributed by atoms with Gasteiger partial charge in [0.2, 0.25) is 0 Å². The number of rotatable bonds is 4. The van der Waals surface area contributed by atoms with Gasteiger partial charge in [-0.05, 0) is 40.5 Å². The van der Waals surface area contributed by atoms with Gasteiger partial charge in [-0.2, -0.15) is 0 Å². The highest BCUT2D eigenvalue weighted by atomic mass is 127. The highest BCUT2D eigenvalue weighted by molar-refractivity contribution is 14.1. The highest BCUT2D eigenvalue weighted by Gasteiger charge is 2.31. The minimum Gasteiger partial charge on any atom is -0.481 e. The quantitative estimate of drug-likeness (QED) is 0.492. The number of benzene rings is 1. The third-order valence-corrected chi connectivity index (χ3v) is 3.35. The van der Waals surface area contributed by atoms with E-state index in [0.29, 0.717) is 9.99 Å². The van der Waals surface area contributed by atoms with Crippen LogP contribution in [0.3, 0.4) is 0 Å². The number of aliphatic carboxylic acids is 1. The number of hydrogen-bond donors (Lipinski definition) is 1. The van der Waals surface area contributed by atoms with E-state index in [2.05, 4.69) is 0 Å². The molecule has 0 aliphatic heterocycles. The third kappa shape index (κ3) is 4.45. The molecular formula is C13H16INO4. The summed E-state index contributed by atoms with van der Waals surface area (Å²) in [5, 5.41) is 20.4. The number of carbonyl (C=O) groups is 1. The van der Waals surface area contributed by atoms with Gasteiger partial charge in [0, 0.05) is 15.2 Å². The van der Waals surface area contributed by atoms with Crippen molar-refractivity contribution in [3.63, 3.8) is 0 Å². The Morgan fingerprint density at radius 1 is 1.47 bits per heavy atom. The predicted molar refractivity (Wildman–Crippen MR) is 80.3 cm³/mol. The van der Waals surface area contributed by atoms with Crippen LogP contribution in [0.5, 0.6) is 0 Å². The Morgan fingerprint density at radius 2 is 2.05 bits per heavy atom. The molecule has 19 heavy (non-hydrogen) atoms. The van der Waals surface area contributed by atoms with E-state index in [-0.39, 0.29) is 16.7 Å². The first-order chi connectivity index (χ1) is 8.61. The minimum absolute atomic E-state index is 0.122. The Bertz CT molecular complexity index is 508. The topological polar surface area (TPSA) is 80.4 Å². The molecule has 6 heteroatoms. The Kier molecular flexibility index (Phi) is 4.89. The van der Waals surface area contributed by atoms with Crippen molar-refractivity contribution in [2.24, 2.45) is 5.41 Å². The first-order valence-electron chi connectivity index (χ1n) is 5.78. The standard InChI is InChI=1S/C13H16INO4/c1-13(2,3)7-10(12(16)17)9-5-4-8(14)6-11(9)15(18)19/h4-6,10H,7H2,1-3H3,(H,16,17). The van der Waals surface area contributed by atoms with Gasteiger partial charge in [0.15, 0.2) is 0 Å². The maximum Gasteiger partial charge on any atom is 0.311 e. The van der Waals surface area contributed by atoms with E-state index in [4.69, 9.17) is 0 Å². The molecule has 1 aromatic carbocycles. The van der Waals surface area contributed by atoms with Crippen LogP contribution in [0.15, 0.2) is 18.2 Å². The fourth-order valence-corrected chi connectivity index (χ4v) is 2.39. The molecule has 1 unspecified atom stereocenters. The summed E-state index contributed by atoms with van der Waals surface area (Å²) in [6.45, 7) is 5.75. The Morgan fingerprint density at radius 3 is 2.47 bits per heavy atom. The van der Waals surface area contributed by atoms with Crippen LogP contribution in [0.2, 0.25) is 0 Å². The van der Waals surface area contributed by atoms with Gasteiger partial charge in [0.05, 0.1) is 10.8 Å². The molecule has 0 saturated heterocycles. The molecule has 0 fully saturated rings. The molecule has 0 saturated carbocycles. The second-order valence-electron chi connectivity index (χ2n) is 5.62. The van der Waals surface area contributed by atoms with Crippen molar-refractivity contribution in [2.45, 2.75) is 33.1 Å². The fourth-order valence-electron chi connectivity index (χ4n) is 1.91. The van der Waals surface area contributed by atoms with Crippen molar-refractivity contribution in [2.75, 3.05) is 0 Å². The van der Waals surface area contributed by atoms with Crippen LogP contribution in [0, 0.1) is 19.1 Å². The number of nitro benzene ring substituents is 1. The van der Waals surface area contributed by atoms with Crippen LogP contribution in [0.4, 0.5) is 5.69 Å². The van der Waals surface area contributed by atoms with Crippen molar-refractivity contribution in [3.8, 4) is 0 Å². The summed E-state index contributed by atoms with van der Waals surface area (Å²) in [6.07, 6.45) is 0.351. The summed E-state index contributed by atoms with van der Waals surface area (Å²) >= 11 is 1.97. The molecule has 5 nitrogen and oxygen atoms in total. The summed E-state index contributed by atoms with van der Waals surface area (Å²) < 4.78 is 0.716. The number of carboxylic acid groups (broad SMARTS) is 1. The van der Waals surface area contributed by atoms with E-state index in [9.17, 15) is 20.0 Å². The number of nitrogens with zero attached hydrogens (tertiary/aromatic N) is 1. The molecule has 104 valence electrons. The van der Waals surface area contributed by atoms with Crippen molar-refractivity contribution >= 4 is 34.2 Å². The lowest BCUT2D eigenvalue weighted by molar-refractivity contribution is -0.385. The van der Waals surface area contributed by atoms with Gasteiger partial charge in [0.25, 0.3) is 5.69 Å². The van der Waals surface area contributed by atoms with Gasteiger partial charge >= 0.3 is 5.97 Å². The molecule has 0 radical (unpaired) electrons. The maximum atomic E-state index is 11.4. The van der Waals surface area contributed by atoms with Gasteiger partial charge in [-0.25, -0.2) is 0 Å². The molecule has 0 amide bonds. The lowest BCUT2D eigenvalue weighted by Gasteiger charge is -2.23. The zero-order chi connectivity index (χ0) is 14.8. The van der Waals surface area contributed by atoms with Crippen molar-refractivity contribution in [1.82, 2.24) is 0 Å².